The van der Waals surface area contributed by atoms with Crippen LogP contribution in [0.25, 0.3) is 11.2 Å². The summed E-state index contributed by atoms with van der Waals surface area (Å²) in [6.45, 7) is 2.06. The number of H-pyrrole nitrogens is 1. The van der Waals surface area contributed by atoms with E-state index in [1.807, 2.05) is 16.4 Å². The Morgan fingerprint density at radius 1 is 1.33 bits per heavy atom. The highest BCUT2D eigenvalue weighted by atomic mass is 32.1. The zero-order chi connectivity index (χ0) is 16.5. The normalized spacial score (nSPS) is 12.4. The molecular formula is C14H14N8OS. The molecule has 0 aliphatic heterocycles. The molecule has 24 heavy (non-hydrogen) atoms. The standard InChI is InChI=1S/C14H14N8OS/c1-8(10-5-15-7-24-10)22-14-9(4-17-22)16-6-12(19-14)18-11-3-13(23-2)21-20-11/h3-8H,1-2H3,(H2,18,19,20,21). The van der Waals surface area contributed by atoms with E-state index in [1.54, 1.807) is 36.9 Å². The van der Waals surface area contributed by atoms with Crippen LogP contribution in [0.15, 0.2) is 30.2 Å². The molecule has 9 nitrogen and oxygen atoms in total. The fourth-order valence-corrected chi connectivity index (χ4v) is 2.99. The Morgan fingerprint density at radius 3 is 3.00 bits per heavy atom. The Kier molecular flexibility index (Phi) is 3.58. The minimum Gasteiger partial charge on any atom is -0.480 e. The van der Waals surface area contributed by atoms with E-state index in [0.29, 0.717) is 23.2 Å². The molecule has 4 aromatic rings. The average molecular weight is 342 g/mol. The summed E-state index contributed by atoms with van der Waals surface area (Å²) in [6.07, 6.45) is 5.21. The number of methoxy groups -OCH3 is 1. The predicted octanol–water partition coefficient (Wildman–Crippen LogP) is 2.37. The number of anilines is 2. The monoisotopic (exact) mass is 342 g/mol. The van der Waals surface area contributed by atoms with Gasteiger partial charge in [0.05, 0.1) is 31.1 Å². The Hall–Kier alpha value is -3.01. The number of nitrogens with zero attached hydrogens (tertiary/aromatic N) is 6. The predicted molar refractivity (Wildman–Crippen MR) is 89.7 cm³/mol. The molecule has 0 aliphatic rings. The maximum absolute atomic E-state index is 5.05. The van der Waals surface area contributed by atoms with E-state index in [1.165, 1.54) is 0 Å². The highest BCUT2D eigenvalue weighted by molar-refractivity contribution is 7.09. The number of hydrogen-bond acceptors (Lipinski definition) is 8. The summed E-state index contributed by atoms with van der Waals surface area (Å²) >= 11 is 1.59. The van der Waals surface area contributed by atoms with Gasteiger partial charge in [0.2, 0.25) is 5.88 Å². The lowest BCUT2D eigenvalue weighted by atomic mass is 10.3. The first-order valence-electron chi connectivity index (χ1n) is 7.19. The largest absolute Gasteiger partial charge is 0.480 e. The molecule has 4 heterocycles. The van der Waals surface area contributed by atoms with Crippen LogP contribution in [-0.4, -0.2) is 42.0 Å². The molecule has 0 saturated carbocycles. The number of fused-ring (bicyclic) bond motifs is 1. The van der Waals surface area contributed by atoms with E-state index in [-0.39, 0.29) is 6.04 Å². The van der Waals surface area contributed by atoms with Gasteiger partial charge in [-0.2, -0.15) is 5.10 Å². The summed E-state index contributed by atoms with van der Waals surface area (Å²) in [5, 5.41) is 14.3. The summed E-state index contributed by atoms with van der Waals surface area (Å²) < 4.78 is 6.89. The van der Waals surface area contributed by atoms with Crippen LogP contribution in [0, 0.1) is 0 Å². The zero-order valence-corrected chi connectivity index (χ0v) is 13.8. The van der Waals surface area contributed by atoms with E-state index < -0.39 is 0 Å². The minimum absolute atomic E-state index is 0.0341. The number of nitrogens with one attached hydrogen (secondary N) is 2. The molecule has 0 spiro atoms. The van der Waals surface area contributed by atoms with Gasteiger partial charge in [0.15, 0.2) is 11.5 Å². The number of aromatic nitrogens is 7. The van der Waals surface area contributed by atoms with E-state index in [4.69, 9.17) is 4.74 Å². The summed E-state index contributed by atoms with van der Waals surface area (Å²) in [5.74, 6) is 1.75. The fourth-order valence-electron chi connectivity index (χ4n) is 2.33. The molecule has 0 bridgehead atoms. The minimum atomic E-state index is 0.0341. The van der Waals surface area contributed by atoms with Crippen molar-refractivity contribution in [2.24, 2.45) is 0 Å². The summed E-state index contributed by atoms with van der Waals surface area (Å²) in [7, 11) is 1.56. The van der Waals surface area contributed by atoms with Gasteiger partial charge in [-0.15, -0.1) is 16.4 Å². The van der Waals surface area contributed by atoms with Crippen LogP contribution in [0.4, 0.5) is 11.6 Å². The summed E-state index contributed by atoms with van der Waals surface area (Å²) in [4.78, 5) is 14.3. The van der Waals surface area contributed by atoms with Crippen molar-refractivity contribution >= 4 is 34.1 Å². The zero-order valence-electron chi connectivity index (χ0n) is 13.0. The molecule has 4 rings (SSSR count). The first-order chi connectivity index (χ1) is 11.7. The second-order valence-corrected chi connectivity index (χ2v) is 6.00. The number of rotatable bonds is 5. The molecule has 0 amide bonds. The quantitative estimate of drug-likeness (QED) is 0.573. The molecule has 0 aromatic carbocycles. The third kappa shape index (κ3) is 2.56. The Bertz CT molecular complexity index is 960. The molecule has 4 aromatic heterocycles. The number of thiazole rings is 1. The lowest BCUT2D eigenvalue weighted by molar-refractivity contribution is 0.397. The molecule has 2 N–H and O–H groups in total. The molecule has 10 heteroatoms. The molecule has 0 radical (unpaired) electrons. The van der Waals surface area contributed by atoms with E-state index in [2.05, 4.69) is 42.5 Å². The van der Waals surface area contributed by atoms with Crippen LogP contribution >= 0.6 is 11.3 Å². The maximum Gasteiger partial charge on any atom is 0.234 e. The highest BCUT2D eigenvalue weighted by Crippen LogP contribution is 2.25. The second-order valence-electron chi connectivity index (χ2n) is 5.08. The van der Waals surface area contributed by atoms with E-state index in [9.17, 15) is 0 Å². The lowest BCUT2D eigenvalue weighted by Crippen LogP contribution is -2.08. The van der Waals surface area contributed by atoms with Crippen LogP contribution in [0.2, 0.25) is 0 Å². The van der Waals surface area contributed by atoms with Gasteiger partial charge in [-0.3, -0.25) is 10.1 Å². The van der Waals surface area contributed by atoms with Crippen LogP contribution in [0.5, 0.6) is 5.88 Å². The van der Waals surface area contributed by atoms with E-state index >= 15 is 0 Å². The second kappa shape index (κ2) is 5.89. The Morgan fingerprint density at radius 2 is 2.25 bits per heavy atom. The fraction of sp³-hybridized carbons (Fsp3) is 0.214. The van der Waals surface area contributed by atoms with Crippen molar-refractivity contribution in [2.75, 3.05) is 12.4 Å². The number of ether oxygens (including phenoxy) is 1. The first-order valence-corrected chi connectivity index (χ1v) is 8.07. The van der Waals surface area contributed by atoms with Gasteiger partial charge in [0, 0.05) is 17.1 Å². The van der Waals surface area contributed by atoms with Gasteiger partial charge < -0.3 is 10.1 Å². The Balaban J connectivity index is 1.67. The summed E-state index contributed by atoms with van der Waals surface area (Å²) in [6, 6.07) is 1.77. The number of hydrogen-bond donors (Lipinski definition) is 2. The van der Waals surface area contributed by atoms with Crippen molar-refractivity contribution in [3.63, 3.8) is 0 Å². The molecule has 122 valence electrons. The SMILES string of the molecule is COc1cc(Nc2cnc3cnn(C(C)c4cncs4)c3n2)[nH]n1. The Labute approximate surface area is 140 Å². The van der Waals surface area contributed by atoms with Gasteiger partial charge in [-0.25, -0.2) is 14.6 Å². The smallest absolute Gasteiger partial charge is 0.234 e. The van der Waals surface area contributed by atoms with Crippen LogP contribution in [0.1, 0.15) is 17.8 Å². The van der Waals surface area contributed by atoms with Gasteiger partial charge in [0.1, 0.15) is 11.3 Å². The molecule has 1 unspecified atom stereocenters. The third-order valence-corrected chi connectivity index (χ3v) is 4.50. The molecule has 0 saturated heterocycles. The average Bonchev–Trinajstić information content (AvgIpc) is 3.34. The lowest BCUT2D eigenvalue weighted by Gasteiger charge is -2.10. The van der Waals surface area contributed by atoms with Crippen molar-refractivity contribution in [2.45, 2.75) is 13.0 Å². The van der Waals surface area contributed by atoms with E-state index in [0.717, 1.165) is 10.4 Å². The molecule has 1 atom stereocenters. The van der Waals surface area contributed by atoms with Crippen molar-refractivity contribution in [1.82, 2.24) is 34.9 Å². The summed E-state index contributed by atoms with van der Waals surface area (Å²) in [5.41, 5.74) is 3.24. The van der Waals surface area contributed by atoms with Gasteiger partial charge >= 0.3 is 0 Å². The first kappa shape index (κ1) is 14.6. The van der Waals surface area contributed by atoms with Gasteiger partial charge in [-0.1, -0.05) is 0 Å². The van der Waals surface area contributed by atoms with Crippen molar-refractivity contribution in [3.05, 3.63) is 35.0 Å². The molecule has 0 fully saturated rings. The molecular weight excluding hydrogens is 328 g/mol. The van der Waals surface area contributed by atoms with Crippen molar-refractivity contribution in [1.29, 1.82) is 0 Å². The van der Waals surface area contributed by atoms with Crippen molar-refractivity contribution < 1.29 is 4.74 Å². The van der Waals surface area contributed by atoms with Crippen LogP contribution < -0.4 is 10.1 Å². The van der Waals surface area contributed by atoms with Gasteiger partial charge in [-0.05, 0) is 6.92 Å². The third-order valence-electron chi connectivity index (χ3n) is 3.56. The number of aromatic amines is 1. The maximum atomic E-state index is 5.05. The molecule has 0 aliphatic carbocycles. The highest BCUT2D eigenvalue weighted by Gasteiger charge is 2.16. The van der Waals surface area contributed by atoms with Crippen molar-refractivity contribution in [3.8, 4) is 5.88 Å². The topological polar surface area (TPSA) is 106 Å². The van der Waals surface area contributed by atoms with Crippen LogP contribution in [-0.2, 0) is 0 Å². The van der Waals surface area contributed by atoms with Crippen LogP contribution in [0.3, 0.4) is 0 Å². The van der Waals surface area contributed by atoms with Gasteiger partial charge in [0.25, 0.3) is 0 Å².